The van der Waals surface area contributed by atoms with Gasteiger partial charge in [0.1, 0.15) is 16.4 Å². The average Bonchev–Trinajstić information content (AvgIpc) is 2.70. The smallest absolute Gasteiger partial charge is 0.410 e. The third-order valence-corrected chi connectivity index (χ3v) is 6.75. The summed E-state index contributed by atoms with van der Waals surface area (Å²) in [6.07, 6.45) is 0.682. The average molecular weight is 395 g/mol. The van der Waals surface area contributed by atoms with Crippen molar-refractivity contribution in [2.24, 2.45) is 5.41 Å². The van der Waals surface area contributed by atoms with Crippen molar-refractivity contribution in [3.05, 3.63) is 0 Å². The summed E-state index contributed by atoms with van der Waals surface area (Å²) in [4.78, 5) is 13.8. The monoisotopic (exact) mass is 394 g/mol. The van der Waals surface area contributed by atoms with Gasteiger partial charge in [0.05, 0.1) is 0 Å². The Morgan fingerprint density at radius 1 is 1.12 bits per heavy atom. The van der Waals surface area contributed by atoms with Crippen LogP contribution in [0.1, 0.15) is 67.2 Å². The largest absolute Gasteiger partial charge is 0.598 e. The van der Waals surface area contributed by atoms with E-state index < -0.39 is 45.2 Å². The van der Waals surface area contributed by atoms with Crippen molar-refractivity contribution in [3.63, 3.8) is 0 Å². The van der Waals surface area contributed by atoms with E-state index in [4.69, 9.17) is 4.74 Å². The molecule has 2 rings (SSSR count). The predicted octanol–water partition coefficient (Wildman–Crippen LogP) is 3.85. The fourth-order valence-electron chi connectivity index (χ4n) is 3.65. The Labute approximate surface area is 158 Å². The zero-order valence-electron chi connectivity index (χ0n) is 16.7. The minimum absolute atomic E-state index is 0.210. The van der Waals surface area contributed by atoms with Gasteiger partial charge in [-0.1, -0.05) is 0 Å². The number of carbonyl (C=O) groups excluding carboxylic acids is 1. The van der Waals surface area contributed by atoms with Gasteiger partial charge in [-0.2, -0.15) is 0 Å². The molecule has 8 heteroatoms. The molecule has 1 saturated heterocycles. The van der Waals surface area contributed by atoms with Crippen molar-refractivity contribution in [2.45, 2.75) is 89.5 Å². The van der Waals surface area contributed by atoms with Crippen molar-refractivity contribution in [2.75, 3.05) is 13.1 Å². The summed E-state index contributed by atoms with van der Waals surface area (Å²) in [6, 6.07) is -1.13. The number of halogens is 2. The lowest BCUT2D eigenvalue weighted by atomic mass is 9.74. The zero-order chi connectivity index (χ0) is 20.0. The van der Waals surface area contributed by atoms with Crippen molar-refractivity contribution >= 4 is 17.5 Å². The molecule has 0 aromatic rings. The van der Waals surface area contributed by atoms with Gasteiger partial charge in [0.25, 0.3) is 5.92 Å². The molecule has 1 spiro atoms. The molecule has 152 valence electrons. The number of amides is 1. The quantitative estimate of drug-likeness (QED) is 0.723. The van der Waals surface area contributed by atoms with E-state index in [9.17, 15) is 18.1 Å². The zero-order valence-corrected chi connectivity index (χ0v) is 17.5. The van der Waals surface area contributed by atoms with Gasteiger partial charge in [0.2, 0.25) is 0 Å². The molecule has 1 aliphatic carbocycles. The molecule has 1 N–H and O–H groups in total. The number of hydrogen-bond donors (Lipinski definition) is 1. The van der Waals surface area contributed by atoms with Gasteiger partial charge >= 0.3 is 6.09 Å². The maximum Gasteiger partial charge on any atom is 0.410 e. The highest BCUT2D eigenvalue weighted by atomic mass is 32.2. The van der Waals surface area contributed by atoms with Crippen molar-refractivity contribution < 1.29 is 22.9 Å². The standard InChI is InChI=1S/C18H32F2N2O3S/c1-15(2,3)25-14(23)22-11-9-17(10-12-22)7-8-18(19,20)13(17)21-26(24)16(4,5)6/h13,21H,7-12H2,1-6H3/t13-,26?/m0/s1. The van der Waals surface area contributed by atoms with Crippen molar-refractivity contribution in [1.82, 2.24) is 9.62 Å². The Balaban J connectivity index is 2.08. The molecule has 1 amide bonds. The van der Waals surface area contributed by atoms with Crippen molar-refractivity contribution in [1.29, 1.82) is 0 Å². The Bertz CT molecular complexity index is 524. The second-order valence-corrected chi connectivity index (χ2v) is 11.5. The highest BCUT2D eigenvalue weighted by molar-refractivity contribution is 7.90. The maximum absolute atomic E-state index is 14.6. The van der Waals surface area contributed by atoms with Crippen molar-refractivity contribution in [3.8, 4) is 0 Å². The number of nitrogens with zero attached hydrogens (tertiary/aromatic N) is 1. The van der Waals surface area contributed by atoms with E-state index in [0.29, 0.717) is 32.4 Å². The first-order chi connectivity index (χ1) is 11.7. The van der Waals surface area contributed by atoms with E-state index in [1.807, 2.05) is 0 Å². The number of piperidine rings is 1. The van der Waals surface area contributed by atoms with Crippen LogP contribution in [0.2, 0.25) is 0 Å². The van der Waals surface area contributed by atoms with E-state index in [-0.39, 0.29) is 6.42 Å². The molecule has 0 radical (unpaired) electrons. The Hall–Kier alpha value is -0.600. The van der Waals surface area contributed by atoms with Gasteiger partial charge in [0.15, 0.2) is 0 Å². The number of carbonyl (C=O) groups is 1. The van der Waals surface area contributed by atoms with Gasteiger partial charge in [-0.05, 0) is 66.2 Å². The highest BCUT2D eigenvalue weighted by Gasteiger charge is 2.61. The summed E-state index contributed by atoms with van der Waals surface area (Å²) in [5.41, 5.74) is -1.22. The normalized spacial score (nSPS) is 26.8. The van der Waals surface area contributed by atoms with Crippen LogP contribution in [0.3, 0.4) is 0 Å². The molecule has 5 nitrogen and oxygen atoms in total. The maximum atomic E-state index is 14.6. The Kier molecular flexibility index (Phi) is 5.92. The van der Waals surface area contributed by atoms with Crippen LogP contribution in [0, 0.1) is 5.41 Å². The minimum Gasteiger partial charge on any atom is -0.598 e. The van der Waals surface area contributed by atoms with E-state index in [1.165, 1.54) is 0 Å². The van der Waals surface area contributed by atoms with Gasteiger partial charge < -0.3 is 14.2 Å². The SMILES string of the molecule is CC(C)(C)OC(=O)N1CCC2(CC1)CCC(F)(F)[C@H]2N[S+]([O-])C(C)(C)C. The summed E-state index contributed by atoms with van der Waals surface area (Å²) in [7, 11) is 0. The molecule has 1 aliphatic heterocycles. The first-order valence-corrected chi connectivity index (χ1v) is 10.4. The molecular weight excluding hydrogens is 362 g/mol. The van der Waals surface area contributed by atoms with Gasteiger partial charge in [-0.15, -0.1) is 4.72 Å². The summed E-state index contributed by atoms with van der Waals surface area (Å²) in [5, 5.41) is 0. The Morgan fingerprint density at radius 3 is 2.12 bits per heavy atom. The van der Waals surface area contributed by atoms with E-state index in [1.54, 1.807) is 46.4 Å². The van der Waals surface area contributed by atoms with Gasteiger partial charge in [-0.25, -0.2) is 13.6 Å². The van der Waals surface area contributed by atoms with Crippen LogP contribution in [0.4, 0.5) is 13.6 Å². The topological polar surface area (TPSA) is 64.6 Å². The molecule has 0 aromatic carbocycles. The van der Waals surface area contributed by atoms with Crippen LogP contribution in [0.15, 0.2) is 0 Å². The summed E-state index contributed by atoms with van der Waals surface area (Å²) < 4.78 is 49.1. The molecule has 26 heavy (non-hydrogen) atoms. The third kappa shape index (κ3) is 4.81. The lowest BCUT2D eigenvalue weighted by Crippen LogP contribution is -2.58. The van der Waals surface area contributed by atoms with Gasteiger partial charge in [-0.3, -0.25) is 0 Å². The molecule has 1 saturated carbocycles. The lowest BCUT2D eigenvalue weighted by molar-refractivity contribution is -0.0433. The van der Waals surface area contributed by atoms with Crippen LogP contribution in [-0.2, 0) is 16.1 Å². The second-order valence-electron chi connectivity index (χ2n) is 9.52. The molecular formula is C18H32F2N2O3S. The molecule has 1 unspecified atom stereocenters. The van der Waals surface area contributed by atoms with Crippen LogP contribution in [0.5, 0.6) is 0 Å². The first kappa shape index (κ1) is 21.7. The number of rotatable bonds is 2. The highest BCUT2D eigenvalue weighted by Crippen LogP contribution is 2.53. The summed E-state index contributed by atoms with van der Waals surface area (Å²) in [5.74, 6) is -2.89. The van der Waals surface area contributed by atoms with E-state index in [0.717, 1.165) is 0 Å². The predicted molar refractivity (Wildman–Crippen MR) is 98.5 cm³/mol. The molecule has 0 aromatic heterocycles. The number of ether oxygens (including phenoxy) is 1. The first-order valence-electron chi connectivity index (χ1n) is 9.20. The number of likely N-dealkylation sites (tertiary alicyclic amines) is 1. The van der Waals surface area contributed by atoms with E-state index in [2.05, 4.69) is 4.72 Å². The third-order valence-electron chi connectivity index (χ3n) is 5.18. The Morgan fingerprint density at radius 2 is 1.65 bits per heavy atom. The fourth-order valence-corrected chi connectivity index (χ4v) is 4.64. The minimum atomic E-state index is -2.89. The molecule has 0 bridgehead atoms. The second kappa shape index (κ2) is 7.09. The molecule has 1 heterocycles. The summed E-state index contributed by atoms with van der Waals surface area (Å²) in [6.45, 7) is 11.5. The van der Waals surface area contributed by atoms with Gasteiger partial charge in [0, 0.05) is 30.9 Å². The number of hydrogen-bond acceptors (Lipinski definition) is 4. The lowest BCUT2D eigenvalue weighted by Gasteiger charge is -2.44. The van der Waals surface area contributed by atoms with Crippen LogP contribution < -0.4 is 4.72 Å². The number of nitrogens with one attached hydrogen (secondary N) is 1. The van der Waals surface area contributed by atoms with Crippen LogP contribution in [0.25, 0.3) is 0 Å². The van der Waals surface area contributed by atoms with E-state index >= 15 is 0 Å². The molecule has 2 atom stereocenters. The molecule has 2 fully saturated rings. The molecule has 2 aliphatic rings. The fraction of sp³-hybridized carbons (Fsp3) is 0.944. The van der Waals surface area contributed by atoms with Crippen LogP contribution >= 0.6 is 0 Å². The van der Waals surface area contributed by atoms with Crippen LogP contribution in [-0.4, -0.2) is 50.9 Å². The number of alkyl halides is 2. The summed E-state index contributed by atoms with van der Waals surface area (Å²) >= 11 is -1.57.